The van der Waals surface area contributed by atoms with E-state index in [9.17, 15) is 9.59 Å². The molecule has 6 nitrogen and oxygen atoms in total. The molecule has 0 spiro atoms. The van der Waals surface area contributed by atoms with E-state index in [1.165, 1.54) is 0 Å². The number of nitrogens with zero attached hydrogens (tertiary/aromatic N) is 1. The van der Waals surface area contributed by atoms with Crippen LogP contribution in [0.15, 0.2) is 34.8 Å². The number of amides is 1. The van der Waals surface area contributed by atoms with Gasteiger partial charge in [-0.2, -0.15) is 0 Å². The predicted molar refractivity (Wildman–Crippen MR) is 98.7 cm³/mol. The summed E-state index contributed by atoms with van der Waals surface area (Å²) in [5.41, 5.74) is 1.65. The van der Waals surface area contributed by atoms with E-state index in [1.54, 1.807) is 13.2 Å². The van der Waals surface area contributed by atoms with Gasteiger partial charge in [-0.1, -0.05) is 36.1 Å². The predicted octanol–water partition coefficient (Wildman–Crippen LogP) is 2.69. The molecule has 1 aromatic rings. The van der Waals surface area contributed by atoms with Gasteiger partial charge in [0.05, 0.1) is 12.0 Å². The van der Waals surface area contributed by atoms with Gasteiger partial charge in [0.1, 0.15) is 17.0 Å². The van der Waals surface area contributed by atoms with Crippen LogP contribution in [-0.4, -0.2) is 46.0 Å². The molecular formula is C17H15NO5S2. The molecule has 1 unspecified atom stereocenters. The molecule has 25 heavy (non-hydrogen) atoms. The minimum absolute atomic E-state index is 0.241. The lowest BCUT2D eigenvalue weighted by Gasteiger charge is -2.24. The van der Waals surface area contributed by atoms with Crippen molar-refractivity contribution in [3.05, 3.63) is 40.3 Å². The number of ether oxygens (including phenoxy) is 2. The third kappa shape index (κ3) is 3.40. The molecule has 130 valence electrons. The first-order valence-electron chi connectivity index (χ1n) is 7.43. The van der Waals surface area contributed by atoms with Gasteiger partial charge >= 0.3 is 5.97 Å². The van der Waals surface area contributed by atoms with E-state index in [1.807, 2.05) is 31.2 Å². The van der Waals surface area contributed by atoms with Crippen LogP contribution in [0.3, 0.4) is 0 Å². The maximum atomic E-state index is 12.4. The Labute approximate surface area is 154 Å². The number of hydrogen-bond acceptors (Lipinski definition) is 6. The Morgan fingerprint density at radius 3 is 2.96 bits per heavy atom. The van der Waals surface area contributed by atoms with Crippen molar-refractivity contribution in [3.63, 3.8) is 0 Å². The van der Waals surface area contributed by atoms with Gasteiger partial charge in [0, 0.05) is 5.56 Å². The first kappa shape index (κ1) is 17.5. The van der Waals surface area contributed by atoms with Crippen molar-refractivity contribution < 1.29 is 24.2 Å². The standard InChI is InChI=1S/C17H15NO5S2/c1-9-11(6-10-4-3-5-12(22-2)15(10)23-9)7-13-16(21)18(8-14(19)20)17(24)25-13/h3-7,9H,8H2,1-2H3,(H,19,20)/b13-7-. The summed E-state index contributed by atoms with van der Waals surface area (Å²) >= 11 is 6.20. The molecule has 1 amide bonds. The molecule has 1 fully saturated rings. The number of rotatable bonds is 4. The topological polar surface area (TPSA) is 76.1 Å². The number of carboxylic acid groups (broad SMARTS) is 1. The van der Waals surface area contributed by atoms with Crippen LogP contribution in [0, 0.1) is 0 Å². The number of hydrogen-bond donors (Lipinski definition) is 1. The highest BCUT2D eigenvalue weighted by atomic mass is 32.2. The Bertz CT molecular complexity index is 830. The van der Waals surface area contributed by atoms with Crippen molar-refractivity contribution in [2.24, 2.45) is 0 Å². The summed E-state index contributed by atoms with van der Waals surface area (Å²) in [6.45, 7) is 1.43. The van der Waals surface area contributed by atoms with E-state index < -0.39 is 18.4 Å². The summed E-state index contributed by atoms with van der Waals surface area (Å²) in [5, 5.41) is 8.89. The average molecular weight is 377 g/mol. The van der Waals surface area contributed by atoms with Gasteiger partial charge in [-0.25, -0.2) is 0 Å². The number of carbonyl (C=O) groups is 2. The van der Waals surface area contributed by atoms with Crippen LogP contribution in [0.4, 0.5) is 0 Å². The second kappa shape index (κ2) is 6.89. The maximum absolute atomic E-state index is 12.4. The van der Waals surface area contributed by atoms with E-state index >= 15 is 0 Å². The first-order valence-corrected chi connectivity index (χ1v) is 8.65. The number of aliphatic carboxylic acids is 1. The number of thioether (sulfide) groups is 1. The van der Waals surface area contributed by atoms with Crippen molar-refractivity contribution >= 4 is 46.3 Å². The minimum atomic E-state index is -1.10. The molecule has 2 aliphatic heterocycles. The van der Waals surface area contributed by atoms with Crippen molar-refractivity contribution in [1.82, 2.24) is 4.90 Å². The van der Waals surface area contributed by atoms with Gasteiger partial charge in [0.25, 0.3) is 5.91 Å². The van der Waals surface area contributed by atoms with Gasteiger partial charge in [0.15, 0.2) is 11.5 Å². The molecule has 2 aliphatic rings. The van der Waals surface area contributed by atoms with Crippen LogP contribution < -0.4 is 9.47 Å². The fourth-order valence-corrected chi connectivity index (χ4v) is 3.81. The third-order valence-corrected chi connectivity index (χ3v) is 5.16. The van der Waals surface area contributed by atoms with E-state index in [2.05, 4.69) is 0 Å². The van der Waals surface area contributed by atoms with Crippen molar-refractivity contribution in [3.8, 4) is 11.5 Å². The zero-order chi connectivity index (χ0) is 18.1. The fourth-order valence-electron chi connectivity index (χ4n) is 2.56. The highest BCUT2D eigenvalue weighted by Gasteiger charge is 2.34. The van der Waals surface area contributed by atoms with E-state index in [4.69, 9.17) is 26.8 Å². The van der Waals surface area contributed by atoms with Crippen LogP contribution in [0.25, 0.3) is 6.08 Å². The van der Waals surface area contributed by atoms with E-state index in [0.29, 0.717) is 16.4 Å². The molecule has 3 rings (SSSR count). The monoisotopic (exact) mass is 377 g/mol. The van der Waals surface area contributed by atoms with Gasteiger partial charge in [0.2, 0.25) is 0 Å². The van der Waals surface area contributed by atoms with Gasteiger partial charge < -0.3 is 14.6 Å². The number of thiocarbonyl (C=S) groups is 1. The Kier molecular flexibility index (Phi) is 4.82. The lowest BCUT2D eigenvalue weighted by atomic mass is 10.0. The van der Waals surface area contributed by atoms with Crippen LogP contribution in [0.5, 0.6) is 11.5 Å². The van der Waals surface area contributed by atoms with Crippen LogP contribution in [0.2, 0.25) is 0 Å². The summed E-state index contributed by atoms with van der Waals surface area (Å²) in [4.78, 5) is 24.7. The maximum Gasteiger partial charge on any atom is 0.323 e. The lowest BCUT2D eigenvalue weighted by molar-refractivity contribution is -0.140. The Balaban J connectivity index is 1.93. The molecule has 1 N–H and O–H groups in total. The summed E-state index contributed by atoms with van der Waals surface area (Å²) in [6.07, 6.45) is 3.34. The average Bonchev–Trinajstić information content (AvgIpc) is 2.82. The fraction of sp³-hybridized carbons (Fsp3) is 0.235. The van der Waals surface area contributed by atoms with Crippen LogP contribution >= 0.6 is 24.0 Å². The normalized spacial score (nSPS) is 21.0. The zero-order valence-electron chi connectivity index (χ0n) is 13.5. The van der Waals surface area contributed by atoms with Crippen LogP contribution in [-0.2, 0) is 9.59 Å². The number of benzene rings is 1. The van der Waals surface area contributed by atoms with Crippen molar-refractivity contribution in [2.45, 2.75) is 13.0 Å². The molecule has 2 heterocycles. The summed E-state index contributed by atoms with van der Waals surface area (Å²) < 4.78 is 11.5. The number of carbonyl (C=O) groups excluding carboxylic acids is 1. The second-order valence-corrected chi connectivity index (χ2v) is 7.12. The minimum Gasteiger partial charge on any atom is -0.493 e. The van der Waals surface area contributed by atoms with Gasteiger partial charge in [-0.05, 0) is 30.7 Å². The smallest absolute Gasteiger partial charge is 0.323 e. The molecule has 0 radical (unpaired) electrons. The molecule has 8 heteroatoms. The Morgan fingerprint density at radius 1 is 1.52 bits per heavy atom. The number of carboxylic acids is 1. The highest BCUT2D eigenvalue weighted by Crippen LogP contribution is 2.39. The highest BCUT2D eigenvalue weighted by molar-refractivity contribution is 8.26. The molecule has 0 saturated carbocycles. The van der Waals surface area contributed by atoms with E-state index in [-0.39, 0.29) is 10.4 Å². The van der Waals surface area contributed by atoms with Crippen LogP contribution in [0.1, 0.15) is 12.5 Å². The molecule has 1 aromatic carbocycles. The van der Waals surface area contributed by atoms with Crippen molar-refractivity contribution in [1.29, 1.82) is 0 Å². The Hall–Kier alpha value is -2.32. The molecule has 1 atom stereocenters. The zero-order valence-corrected chi connectivity index (χ0v) is 15.1. The number of methoxy groups -OCH3 is 1. The molecule has 1 saturated heterocycles. The summed E-state index contributed by atoms with van der Waals surface area (Å²) in [5.74, 6) is -0.199. The van der Waals surface area contributed by atoms with Gasteiger partial charge in [-0.15, -0.1) is 0 Å². The Morgan fingerprint density at radius 2 is 2.28 bits per heavy atom. The van der Waals surface area contributed by atoms with Crippen molar-refractivity contribution in [2.75, 3.05) is 13.7 Å². The second-order valence-electron chi connectivity index (χ2n) is 5.44. The third-order valence-electron chi connectivity index (χ3n) is 3.78. The number of fused-ring (bicyclic) bond motifs is 1. The largest absolute Gasteiger partial charge is 0.493 e. The van der Waals surface area contributed by atoms with E-state index in [0.717, 1.165) is 27.8 Å². The summed E-state index contributed by atoms with van der Waals surface area (Å²) in [6, 6.07) is 5.58. The molecule has 0 aliphatic carbocycles. The quantitative estimate of drug-likeness (QED) is 0.639. The number of para-hydroxylation sites is 1. The first-order chi connectivity index (χ1) is 11.9. The molecular weight excluding hydrogens is 362 g/mol. The SMILES string of the molecule is COc1cccc2c1OC(C)C(/C=C1\SC(=S)N(CC(=O)O)C1=O)=C2. The molecule has 0 bridgehead atoms. The summed E-state index contributed by atoms with van der Waals surface area (Å²) in [7, 11) is 1.58. The molecule has 0 aromatic heterocycles. The van der Waals surface area contributed by atoms with Gasteiger partial charge in [-0.3, -0.25) is 14.5 Å². The lowest BCUT2D eigenvalue weighted by Crippen LogP contribution is -2.33.